The van der Waals surface area contributed by atoms with E-state index in [4.69, 9.17) is 14.7 Å². The first-order valence-electron chi connectivity index (χ1n) is 15.4. The summed E-state index contributed by atoms with van der Waals surface area (Å²) in [5, 5.41) is 3.60. The van der Waals surface area contributed by atoms with Gasteiger partial charge in [-0.15, -0.1) is 0 Å². The largest absolute Gasteiger partial charge is 0.455 e. The minimum Gasteiger partial charge on any atom is -0.455 e. The Morgan fingerprint density at radius 2 is 1.95 bits per heavy atom. The van der Waals surface area contributed by atoms with E-state index in [0.29, 0.717) is 5.92 Å². The van der Waals surface area contributed by atoms with Gasteiger partial charge in [0.2, 0.25) is 0 Å². The molecule has 6 nitrogen and oxygen atoms in total. The molecule has 0 saturated heterocycles. The molecule has 0 spiro atoms. The summed E-state index contributed by atoms with van der Waals surface area (Å²) >= 11 is 0. The first-order chi connectivity index (χ1) is 19.9. The fraction of sp³-hybridized carbons (Fsp3) is 0.457. The van der Waals surface area contributed by atoms with E-state index in [1.165, 1.54) is 24.8 Å². The van der Waals surface area contributed by atoms with Gasteiger partial charge in [0.15, 0.2) is 5.84 Å². The van der Waals surface area contributed by atoms with Crippen LogP contribution >= 0.6 is 0 Å². The number of pyridine rings is 2. The Hall–Kier alpha value is -3.67. The zero-order valence-corrected chi connectivity index (χ0v) is 25.8. The first-order valence-corrected chi connectivity index (χ1v) is 15.4. The number of hydrogen-bond donors (Lipinski definition) is 1. The van der Waals surface area contributed by atoms with E-state index in [9.17, 15) is 0 Å². The maximum absolute atomic E-state index is 6.14. The van der Waals surface area contributed by atoms with Crippen LogP contribution in [-0.4, -0.2) is 28.9 Å². The van der Waals surface area contributed by atoms with Gasteiger partial charge in [0.1, 0.15) is 23.0 Å². The van der Waals surface area contributed by atoms with Crippen molar-refractivity contribution in [3.63, 3.8) is 0 Å². The molecule has 0 fully saturated rings. The van der Waals surface area contributed by atoms with Crippen LogP contribution in [0.25, 0.3) is 0 Å². The number of nitrogens with one attached hydrogen (secondary N) is 1. The van der Waals surface area contributed by atoms with Crippen LogP contribution < -0.4 is 15.0 Å². The van der Waals surface area contributed by atoms with E-state index in [1.54, 1.807) is 6.20 Å². The number of rotatable bonds is 11. The third-order valence-corrected chi connectivity index (χ3v) is 7.60. The maximum atomic E-state index is 6.14. The second-order valence-electron chi connectivity index (χ2n) is 11.3. The van der Waals surface area contributed by atoms with Gasteiger partial charge in [0.25, 0.3) is 0 Å². The summed E-state index contributed by atoms with van der Waals surface area (Å²) in [6, 6.07) is 12.5. The fourth-order valence-electron chi connectivity index (χ4n) is 5.17. The number of fused-ring (bicyclic) bond motifs is 1. The van der Waals surface area contributed by atoms with E-state index in [0.717, 1.165) is 90.1 Å². The molecule has 3 aromatic rings. The Morgan fingerprint density at radius 1 is 1.10 bits per heavy atom. The lowest BCUT2D eigenvalue weighted by Gasteiger charge is -2.26. The molecule has 1 aliphatic rings. The molecular weight excluding hydrogens is 506 g/mol. The number of aliphatic imine (C=N–C) groups is 1. The van der Waals surface area contributed by atoms with Crippen molar-refractivity contribution in [1.29, 1.82) is 0 Å². The number of allylic oxidation sites excluding steroid dienone is 1. The normalized spacial score (nSPS) is 15.6. The van der Waals surface area contributed by atoms with Gasteiger partial charge in [-0.05, 0) is 98.9 Å². The summed E-state index contributed by atoms with van der Waals surface area (Å²) in [7, 11) is 0. The molecule has 0 amide bonds. The molecule has 2 aromatic heterocycles. The molecule has 0 aliphatic carbocycles. The monoisotopic (exact) mass is 553 g/mol. The van der Waals surface area contributed by atoms with Crippen molar-refractivity contribution < 1.29 is 4.74 Å². The van der Waals surface area contributed by atoms with E-state index >= 15 is 0 Å². The molecule has 1 N–H and O–H groups in total. The molecule has 1 atom stereocenters. The molecule has 1 aliphatic heterocycles. The average Bonchev–Trinajstić information content (AvgIpc) is 3.12. The molecule has 0 bridgehead atoms. The lowest BCUT2D eigenvalue weighted by atomic mass is 10.0. The van der Waals surface area contributed by atoms with Crippen LogP contribution in [0.4, 0.5) is 11.5 Å². The van der Waals surface area contributed by atoms with Crippen molar-refractivity contribution >= 4 is 17.3 Å². The predicted molar refractivity (Wildman–Crippen MR) is 173 cm³/mol. The number of amidine groups is 1. The van der Waals surface area contributed by atoms with Crippen LogP contribution in [0.5, 0.6) is 11.5 Å². The van der Waals surface area contributed by atoms with Crippen LogP contribution in [0.1, 0.15) is 87.9 Å². The van der Waals surface area contributed by atoms with Gasteiger partial charge in [-0.1, -0.05) is 52.7 Å². The summed E-state index contributed by atoms with van der Waals surface area (Å²) in [5.41, 5.74) is 6.43. The summed E-state index contributed by atoms with van der Waals surface area (Å²) in [4.78, 5) is 17.2. The highest BCUT2D eigenvalue weighted by atomic mass is 16.5. The van der Waals surface area contributed by atoms with Gasteiger partial charge in [-0.25, -0.2) is 9.98 Å². The highest BCUT2D eigenvalue weighted by Crippen LogP contribution is 2.31. The van der Waals surface area contributed by atoms with E-state index in [2.05, 4.69) is 75.0 Å². The second-order valence-corrected chi connectivity index (χ2v) is 11.3. The number of aryl methyl sites for hydroxylation is 4. The quantitative estimate of drug-likeness (QED) is 0.190. The molecule has 1 unspecified atom stereocenters. The van der Waals surface area contributed by atoms with Crippen molar-refractivity contribution in [2.24, 2.45) is 10.9 Å². The highest BCUT2D eigenvalue weighted by molar-refractivity contribution is 6.08. The third kappa shape index (κ3) is 8.18. The lowest BCUT2D eigenvalue weighted by Crippen LogP contribution is -2.30. The number of aromatic nitrogens is 2. The highest BCUT2D eigenvalue weighted by Gasteiger charge is 2.23. The van der Waals surface area contributed by atoms with Gasteiger partial charge in [-0.3, -0.25) is 4.98 Å². The standard InChI is InChI=1S/C35H47N5O/c1-7-10-12-19-36-34(33-27(6)21-28-14-13-25(4)24-40(20-11-8-2)35(28)39-33)38-30-16-18-32(26(5)22-30)41-31-17-15-29(9-3)37-23-31/h12,15-19,21-23,25H,7-11,13-14,20,24H2,1-6H3,(H,36,38)/b19-12+. The van der Waals surface area contributed by atoms with Gasteiger partial charge in [0.05, 0.1) is 6.20 Å². The zero-order chi connectivity index (χ0) is 29.2. The Kier molecular flexibility index (Phi) is 10.9. The SMILES string of the molecule is CCC/C=C/N=C(Nc1ccc(Oc2ccc(CC)nc2)c(C)c1)c1nc2c(cc1C)CCC(C)CN2CCCC. The van der Waals surface area contributed by atoms with Crippen molar-refractivity contribution in [3.8, 4) is 11.5 Å². The fourth-order valence-corrected chi connectivity index (χ4v) is 5.17. The summed E-state index contributed by atoms with van der Waals surface area (Å²) in [6.07, 6.45) is 13.4. The minimum atomic E-state index is 0.650. The van der Waals surface area contributed by atoms with Crippen molar-refractivity contribution in [3.05, 3.63) is 82.9 Å². The topological polar surface area (TPSA) is 62.6 Å². The van der Waals surface area contributed by atoms with Crippen molar-refractivity contribution in [2.45, 2.75) is 86.5 Å². The van der Waals surface area contributed by atoms with Crippen LogP contribution in [-0.2, 0) is 12.8 Å². The minimum absolute atomic E-state index is 0.650. The summed E-state index contributed by atoms with van der Waals surface area (Å²) in [5.74, 6) is 4.08. The van der Waals surface area contributed by atoms with Gasteiger partial charge < -0.3 is 15.0 Å². The number of unbranched alkanes of at least 4 members (excludes halogenated alkanes) is 2. The first kappa shape index (κ1) is 30.3. The van der Waals surface area contributed by atoms with Gasteiger partial charge in [-0.2, -0.15) is 0 Å². The van der Waals surface area contributed by atoms with Crippen LogP contribution in [0.3, 0.4) is 0 Å². The van der Waals surface area contributed by atoms with Crippen molar-refractivity contribution in [2.75, 3.05) is 23.3 Å². The average molecular weight is 554 g/mol. The zero-order valence-electron chi connectivity index (χ0n) is 25.8. The van der Waals surface area contributed by atoms with Gasteiger partial charge >= 0.3 is 0 Å². The molecule has 3 heterocycles. The summed E-state index contributed by atoms with van der Waals surface area (Å²) in [6.45, 7) is 15.2. The molecular formula is C35H47N5O. The predicted octanol–water partition coefficient (Wildman–Crippen LogP) is 8.81. The summed E-state index contributed by atoms with van der Waals surface area (Å²) < 4.78 is 6.14. The Labute approximate surface area is 247 Å². The number of anilines is 2. The molecule has 6 heteroatoms. The molecule has 4 rings (SSSR count). The number of ether oxygens (including phenoxy) is 1. The molecule has 218 valence electrons. The smallest absolute Gasteiger partial charge is 0.156 e. The van der Waals surface area contributed by atoms with Crippen LogP contribution in [0, 0.1) is 19.8 Å². The number of hydrogen-bond acceptors (Lipinski definition) is 5. The van der Waals surface area contributed by atoms with Gasteiger partial charge in [0, 0.05) is 30.7 Å². The van der Waals surface area contributed by atoms with Crippen LogP contribution in [0.15, 0.2) is 59.9 Å². The second kappa shape index (κ2) is 14.8. The van der Waals surface area contributed by atoms with E-state index < -0.39 is 0 Å². The Morgan fingerprint density at radius 3 is 2.66 bits per heavy atom. The van der Waals surface area contributed by atoms with Crippen LogP contribution in [0.2, 0.25) is 0 Å². The Bertz CT molecular complexity index is 1350. The number of benzene rings is 1. The molecule has 41 heavy (non-hydrogen) atoms. The Balaban J connectivity index is 1.65. The number of nitrogens with zero attached hydrogens (tertiary/aromatic N) is 4. The third-order valence-electron chi connectivity index (χ3n) is 7.60. The lowest BCUT2D eigenvalue weighted by molar-refractivity contribution is 0.476. The van der Waals surface area contributed by atoms with E-state index in [1.807, 2.05) is 30.5 Å². The van der Waals surface area contributed by atoms with Crippen molar-refractivity contribution in [1.82, 2.24) is 9.97 Å². The molecule has 1 aromatic carbocycles. The molecule has 0 saturated carbocycles. The maximum Gasteiger partial charge on any atom is 0.156 e. The molecule has 0 radical (unpaired) electrons. The van der Waals surface area contributed by atoms with E-state index in [-0.39, 0.29) is 0 Å².